The highest BCUT2D eigenvalue weighted by Crippen LogP contribution is 2.69. The van der Waals surface area contributed by atoms with Crippen molar-refractivity contribution in [3.8, 4) is 0 Å². The normalized spacial score (nSPS) is 37.3. The number of amides is 1. The molecule has 0 spiro atoms. The second kappa shape index (κ2) is 10.2. The molecule has 0 aromatic heterocycles. The van der Waals surface area contributed by atoms with Crippen molar-refractivity contribution in [2.24, 2.45) is 34.0 Å². The van der Waals surface area contributed by atoms with Gasteiger partial charge in [0.25, 0.3) is 0 Å². The topological polar surface area (TPSA) is 81.7 Å². The minimum Gasteiger partial charge on any atom is -0.469 e. The van der Waals surface area contributed by atoms with E-state index in [0.29, 0.717) is 29.2 Å². The molecule has 7 unspecified atom stereocenters. The molecule has 1 aliphatic heterocycles. The van der Waals surface area contributed by atoms with Crippen LogP contribution >= 0.6 is 0 Å². The van der Waals surface area contributed by atoms with E-state index in [4.69, 9.17) is 9.47 Å². The summed E-state index contributed by atoms with van der Waals surface area (Å²) in [4.78, 5) is 39.0. The molecule has 2 aliphatic carbocycles. The second-order valence-corrected chi connectivity index (χ2v) is 12.8. The predicted molar refractivity (Wildman–Crippen MR) is 144 cm³/mol. The van der Waals surface area contributed by atoms with Crippen LogP contribution in [0.15, 0.2) is 24.3 Å². The third-order valence-corrected chi connectivity index (χ3v) is 10.7. The number of esters is 1. The third kappa shape index (κ3) is 4.53. The van der Waals surface area contributed by atoms with Gasteiger partial charge in [-0.2, -0.15) is 0 Å². The second-order valence-electron chi connectivity index (χ2n) is 12.8. The Morgan fingerprint density at radius 2 is 1.76 bits per heavy atom. The van der Waals surface area contributed by atoms with Crippen LogP contribution in [0, 0.1) is 34.0 Å². The molecular weight excluding hydrogens is 466 g/mol. The van der Waals surface area contributed by atoms with E-state index in [2.05, 4.69) is 33.0 Å². The maximum Gasteiger partial charge on any atom is 0.312 e. The summed E-state index contributed by atoms with van der Waals surface area (Å²) < 4.78 is 12.2. The summed E-state index contributed by atoms with van der Waals surface area (Å²) in [5.41, 5.74) is -0.0907. The van der Waals surface area contributed by atoms with Gasteiger partial charge >= 0.3 is 5.97 Å². The number of hydrogen-bond acceptors (Lipinski definition) is 5. The number of benzene rings is 1. The van der Waals surface area contributed by atoms with Crippen molar-refractivity contribution in [3.05, 3.63) is 29.8 Å². The van der Waals surface area contributed by atoms with E-state index < -0.39 is 5.41 Å². The van der Waals surface area contributed by atoms with Crippen molar-refractivity contribution >= 4 is 23.3 Å². The van der Waals surface area contributed by atoms with Crippen molar-refractivity contribution in [3.63, 3.8) is 0 Å². The van der Waals surface area contributed by atoms with Crippen molar-refractivity contribution in [2.45, 2.75) is 98.7 Å². The molecule has 1 aromatic rings. The van der Waals surface area contributed by atoms with Gasteiger partial charge in [-0.3, -0.25) is 14.4 Å². The largest absolute Gasteiger partial charge is 0.469 e. The van der Waals surface area contributed by atoms with Crippen LogP contribution in [0.1, 0.15) is 96.8 Å². The average molecular weight is 512 g/mol. The lowest BCUT2D eigenvalue weighted by molar-refractivity contribution is -0.245. The van der Waals surface area contributed by atoms with Crippen molar-refractivity contribution < 1.29 is 23.9 Å². The highest BCUT2D eigenvalue weighted by Gasteiger charge is 2.67. The van der Waals surface area contributed by atoms with E-state index >= 15 is 0 Å². The van der Waals surface area contributed by atoms with Crippen LogP contribution in [0.5, 0.6) is 0 Å². The number of para-hydroxylation sites is 1. The van der Waals surface area contributed by atoms with Gasteiger partial charge in [-0.25, -0.2) is 0 Å². The van der Waals surface area contributed by atoms with Crippen LogP contribution in [-0.4, -0.2) is 37.0 Å². The first-order valence-electron chi connectivity index (χ1n) is 14.0. The number of Topliss-reactive ketones (excluding diaryl/α,β-unsaturated/α-hetero) is 1. The highest BCUT2D eigenvalue weighted by atomic mass is 16.5. The first-order valence-corrected chi connectivity index (χ1v) is 14.0. The van der Waals surface area contributed by atoms with Gasteiger partial charge in [0.05, 0.1) is 30.4 Å². The summed E-state index contributed by atoms with van der Waals surface area (Å²) in [5.74, 6) is 0.187. The highest BCUT2D eigenvalue weighted by molar-refractivity contribution is 6.04. The molecule has 1 heterocycles. The lowest BCUT2D eigenvalue weighted by Gasteiger charge is -2.66. The molecule has 37 heavy (non-hydrogen) atoms. The van der Waals surface area contributed by atoms with Crippen molar-refractivity contribution in [1.29, 1.82) is 0 Å². The lowest BCUT2D eigenvalue weighted by Crippen LogP contribution is -2.65. The Bertz CT molecular complexity index is 1050. The zero-order chi connectivity index (χ0) is 27.2. The fraction of sp³-hybridized carbons (Fsp3) is 0.710. The number of methoxy groups -OCH3 is 1. The Labute approximate surface area is 222 Å². The van der Waals surface area contributed by atoms with Gasteiger partial charge in [-0.05, 0) is 86.2 Å². The van der Waals surface area contributed by atoms with Crippen LogP contribution in [0.25, 0.3) is 0 Å². The van der Waals surface area contributed by atoms with Gasteiger partial charge in [-0.15, -0.1) is 0 Å². The smallest absolute Gasteiger partial charge is 0.312 e. The summed E-state index contributed by atoms with van der Waals surface area (Å²) in [6.07, 6.45) is 6.46. The number of nitrogens with one attached hydrogen (secondary N) is 1. The molecule has 0 radical (unpaired) electrons. The van der Waals surface area contributed by atoms with Gasteiger partial charge in [0.15, 0.2) is 5.78 Å². The molecule has 1 aromatic carbocycles. The quantitative estimate of drug-likeness (QED) is 0.351. The maximum absolute atomic E-state index is 13.7. The van der Waals surface area contributed by atoms with E-state index in [-0.39, 0.29) is 46.9 Å². The first kappa shape index (κ1) is 27.8. The molecule has 1 saturated heterocycles. The van der Waals surface area contributed by atoms with Crippen LogP contribution in [0.4, 0.5) is 5.69 Å². The van der Waals surface area contributed by atoms with Gasteiger partial charge in [0, 0.05) is 18.9 Å². The molecule has 4 rings (SSSR count). The Kier molecular flexibility index (Phi) is 7.64. The zero-order valence-corrected chi connectivity index (χ0v) is 23.7. The molecule has 1 amide bonds. The SMILES string of the molecule is COC(=O)C1(C)C(CC(=O)c2ccccc2NC(C)=O)CCC2C3(C)CCC(C(C)C)OC3CCC21C. The fourth-order valence-corrected chi connectivity index (χ4v) is 8.34. The van der Waals surface area contributed by atoms with E-state index in [1.807, 2.05) is 19.1 Å². The minimum absolute atomic E-state index is 0.000652. The Morgan fingerprint density at radius 3 is 2.41 bits per heavy atom. The number of ether oxygens (including phenoxy) is 2. The Balaban J connectivity index is 1.66. The minimum atomic E-state index is -0.799. The van der Waals surface area contributed by atoms with Crippen LogP contribution in [0.2, 0.25) is 0 Å². The summed E-state index contributed by atoms with van der Waals surface area (Å²) >= 11 is 0. The van der Waals surface area contributed by atoms with Gasteiger partial charge in [-0.1, -0.05) is 39.8 Å². The maximum atomic E-state index is 13.7. The molecule has 6 nitrogen and oxygen atoms in total. The van der Waals surface area contributed by atoms with E-state index in [9.17, 15) is 14.4 Å². The number of rotatable bonds is 6. The number of hydrogen-bond donors (Lipinski definition) is 1. The lowest BCUT2D eigenvalue weighted by atomic mass is 9.39. The Morgan fingerprint density at radius 1 is 1.05 bits per heavy atom. The number of ketones is 1. The van der Waals surface area contributed by atoms with Crippen molar-refractivity contribution in [1.82, 2.24) is 0 Å². The summed E-state index contributed by atoms with van der Waals surface area (Å²) in [7, 11) is 1.47. The molecule has 204 valence electrons. The molecule has 1 N–H and O–H groups in total. The van der Waals surface area contributed by atoms with E-state index in [0.717, 1.165) is 38.5 Å². The van der Waals surface area contributed by atoms with Crippen LogP contribution in [-0.2, 0) is 19.1 Å². The number of carbonyl (C=O) groups excluding carboxylic acids is 3. The van der Waals surface area contributed by atoms with Crippen LogP contribution < -0.4 is 5.32 Å². The summed E-state index contributed by atoms with van der Waals surface area (Å²) in [5, 5.41) is 2.78. The molecule has 0 bridgehead atoms. The van der Waals surface area contributed by atoms with Gasteiger partial charge in [0.2, 0.25) is 5.91 Å². The van der Waals surface area contributed by atoms with Crippen molar-refractivity contribution in [2.75, 3.05) is 12.4 Å². The fourth-order valence-electron chi connectivity index (χ4n) is 8.34. The predicted octanol–water partition coefficient (Wildman–Crippen LogP) is 6.43. The van der Waals surface area contributed by atoms with Gasteiger partial charge in [0.1, 0.15) is 0 Å². The van der Waals surface area contributed by atoms with Crippen LogP contribution in [0.3, 0.4) is 0 Å². The molecule has 2 saturated carbocycles. The molecule has 6 heteroatoms. The number of fused-ring (bicyclic) bond motifs is 3. The van der Waals surface area contributed by atoms with Gasteiger partial charge < -0.3 is 14.8 Å². The molecular formula is C31H45NO5. The monoisotopic (exact) mass is 511 g/mol. The van der Waals surface area contributed by atoms with E-state index in [1.54, 1.807) is 12.1 Å². The summed E-state index contributed by atoms with van der Waals surface area (Å²) in [6.45, 7) is 12.6. The zero-order valence-electron chi connectivity index (χ0n) is 23.7. The third-order valence-electron chi connectivity index (χ3n) is 10.7. The summed E-state index contributed by atoms with van der Waals surface area (Å²) in [6, 6.07) is 7.13. The average Bonchev–Trinajstić information content (AvgIpc) is 2.85. The van der Waals surface area contributed by atoms with E-state index in [1.165, 1.54) is 14.0 Å². The number of carbonyl (C=O) groups is 3. The standard InChI is InChI=1S/C31H45NO5/c1-19(2)25-14-16-29(4)26-13-12-21(18-24(34)22-10-8-9-11-23(22)32-20(3)33)31(6,28(35)36-7)30(26,5)17-15-27(29)37-25/h8-11,19,21,25-27H,12-18H2,1-7H3,(H,32,33). The Hall–Kier alpha value is -2.21. The molecule has 3 fully saturated rings. The molecule has 3 aliphatic rings. The number of anilines is 1. The molecule has 7 atom stereocenters. The first-order chi connectivity index (χ1) is 17.4.